The molecule has 50 heavy (non-hydrogen) atoms. The van der Waals surface area contributed by atoms with E-state index >= 15 is 0 Å². The molecule has 1 aromatic carbocycles. The van der Waals surface area contributed by atoms with Crippen molar-refractivity contribution in [2.75, 3.05) is 40.0 Å². The molecule has 0 radical (unpaired) electrons. The Labute approximate surface area is 303 Å². The minimum Gasteiger partial charge on any atom is -0.431 e. The number of amides is 1. The predicted octanol–water partition coefficient (Wildman–Crippen LogP) is -0.453. The molecule has 1 amide bonds. The standard InChI is InChI=1S/C30H49BN3O13PS2/c1-18(36)34-23-25(38)24(37)21(15-35)46-28(23)42-14-7-6-12-32-29(49)33-13-8-11-20-26(47-48(40,50)41-2)22(45-27(20)31)17-44-30(39)43-16-19-9-4-3-5-10-19/h3-5,9-10,20-28,35,37-38H,6-8,11-17,31H2,1-2H3,(H,34,36)(H,40,50)(H2,32,33,49)/t20-,21+,22+,23+,24-,25+,26?,27+,28+,48?/m0/s1. The summed E-state index contributed by atoms with van der Waals surface area (Å²) in [6, 6.07) is 7.92. The van der Waals surface area contributed by atoms with E-state index in [1.54, 1.807) is 0 Å². The Hall–Kier alpha value is -2.00. The van der Waals surface area contributed by atoms with Crippen LogP contribution in [0.15, 0.2) is 30.3 Å². The second-order valence-electron chi connectivity index (χ2n) is 11.9. The summed E-state index contributed by atoms with van der Waals surface area (Å²) in [7, 11) is 3.15. The summed E-state index contributed by atoms with van der Waals surface area (Å²) in [5.41, 5.74) is 0.818. The van der Waals surface area contributed by atoms with E-state index in [4.69, 9.17) is 56.8 Å². The van der Waals surface area contributed by atoms with E-state index in [9.17, 15) is 29.8 Å². The first kappa shape index (κ1) is 42.4. The Morgan fingerprint density at radius 3 is 2.38 bits per heavy atom. The third kappa shape index (κ3) is 13.9. The largest absolute Gasteiger partial charge is 0.508 e. The number of carbonyl (C=O) groups excluding carboxylic acids is 2. The minimum absolute atomic E-state index is 0.0609. The molecule has 20 heteroatoms. The number of nitrogens with one attached hydrogen (secondary N) is 3. The predicted molar refractivity (Wildman–Crippen MR) is 190 cm³/mol. The van der Waals surface area contributed by atoms with Crippen LogP contribution in [0.1, 0.15) is 38.2 Å². The van der Waals surface area contributed by atoms with Crippen molar-refractivity contribution in [3.05, 3.63) is 35.9 Å². The molecule has 2 aliphatic rings. The third-order valence-corrected chi connectivity index (χ3v) is 10.2. The maximum atomic E-state index is 12.2. The molecule has 0 aromatic heterocycles. The fraction of sp³-hybridized carbons (Fsp3) is 0.700. The number of aliphatic hydroxyl groups excluding tert-OH is 3. The van der Waals surface area contributed by atoms with Gasteiger partial charge in [-0.2, -0.15) is 0 Å². The van der Waals surface area contributed by atoms with Crippen molar-refractivity contribution in [2.24, 2.45) is 5.92 Å². The highest BCUT2D eigenvalue weighted by molar-refractivity contribution is 8.07. The SMILES string of the molecule is B[C@@H]1O[C@H](COC(=O)OCc2ccccc2)C(OP(O)(=S)OC)[C@@H]1CCCNC(=S)NCCCCO[C@@H]1O[C@H](CO)[C@H](O)[C@H](O)[C@H]1NC(C)=O. The van der Waals surface area contributed by atoms with Gasteiger partial charge in [-0.15, -0.1) is 0 Å². The van der Waals surface area contributed by atoms with E-state index in [-0.39, 0.29) is 31.7 Å². The normalized spacial score (nSPS) is 29.0. The van der Waals surface area contributed by atoms with Crippen molar-refractivity contribution in [3.63, 3.8) is 0 Å². The number of aliphatic hydroxyl groups is 3. The van der Waals surface area contributed by atoms with Gasteiger partial charge in [-0.25, -0.2) is 4.79 Å². The Morgan fingerprint density at radius 2 is 1.72 bits per heavy atom. The summed E-state index contributed by atoms with van der Waals surface area (Å²) in [4.78, 5) is 34.2. The fourth-order valence-corrected chi connectivity index (χ4v) is 6.81. The van der Waals surface area contributed by atoms with Crippen molar-refractivity contribution in [1.29, 1.82) is 0 Å². The van der Waals surface area contributed by atoms with Crippen LogP contribution in [0.25, 0.3) is 0 Å². The summed E-state index contributed by atoms with van der Waals surface area (Å²) in [5.74, 6) is -0.610. The zero-order chi connectivity index (χ0) is 36.7. The van der Waals surface area contributed by atoms with E-state index in [1.165, 1.54) is 14.0 Å². The average Bonchev–Trinajstić information content (AvgIpc) is 3.38. The van der Waals surface area contributed by atoms with Crippen molar-refractivity contribution in [3.8, 4) is 0 Å². The highest BCUT2D eigenvalue weighted by Gasteiger charge is 2.46. The quantitative estimate of drug-likeness (QED) is 0.0312. The van der Waals surface area contributed by atoms with Crippen LogP contribution in [0.5, 0.6) is 0 Å². The van der Waals surface area contributed by atoms with E-state index in [0.717, 1.165) is 5.56 Å². The highest BCUT2D eigenvalue weighted by atomic mass is 32.5. The van der Waals surface area contributed by atoms with Gasteiger partial charge in [-0.05, 0) is 55.3 Å². The molecular formula is C30H49BN3O13PS2. The van der Waals surface area contributed by atoms with Crippen LogP contribution in [0.2, 0.25) is 0 Å². The first-order valence-electron chi connectivity index (χ1n) is 16.4. The Morgan fingerprint density at radius 1 is 1.02 bits per heavy atom. The molecule has 0 saturated carbocycles. The van der Waals surface area contributed by atoms with Crippen LogP contribution < -0.4 is 16.0 Å². The number of benzene rings is 1. The van der Waals surface area contributed by atoms with E-state index in [1.807, 2.05) is 38.2 Å². The summed E-state index contributed by atoms with van der Waals surface area (Å²) in [6.07, 6.45) is -4.48. The molecule has 0 aliphatic carbocycles. The third-order valence-electron chi connectivity index (χ3n) is 8.22. The molecule has 1 aromatic rings. The van der Waals surface area contributed by atoms with Gasteiger partial charge in [0, 0.05) is 45.7 Å². The second-order valence-corrected chi connectivity index (χ2v) is 15.2. The van der Waals surface area contributed by atoms with Gasteiger partial charge >= 0.3 is 12.9 Å². The van der Waals surface area contributed by atoms with Crippen molar-refractivity contribution in [1.82, 2.24) is 16.0 Å². The van der Waals surface area contributed by atoms with Crippen LogP contribution in [0.3, 0.4) is 0 Å². The highest BCUT2D eigenvalue weighted by Crippen LogP contribution is 2.48. The molecule has 3 rings (SSSR count). The lowest BCUT2D eigenvalue weighted by molar-refractivity contribution is -0.270. The number of thiocarbonyl (C=S) groups is 1. The molecule has 7 N–H and O–H groups in total. The van der Waals surface area contributed by atoms with Gasteiger partial charge in [0.15, 0.2) is 11.4 Å². The van der Waals surface area contributed by atoms with Gasteiger partial charge in [0.1, 0.15) is 57.6 Å². The Bertz CT molecular complexity index is 1260. The molecule has 2 saturated heterocycles. The molecule has 2 unspecified atom stereocenters. The summed E-state index contributed by atoms with van der Waals surface area (Å²) < 4.78 is 38.6. The number of hydrogen-bond acceptors (Lipinski definition) is 14. The first-order chi connectivity index (χ1) is 23.8. The molecule has 10 atom stereocenters. The second kappa shape index (κ2) is 21.5. The van der Waals surface area contributed by atoms with Gasteiger partial charge in [0.25, 0.3) is 0 Å². The van der Waals surface area contributed by atoms with Gasteiger partial charge in [-0.3, -0.25) is 4.79 Å². The number of hydrogen-bond donors (Lipinski definition) is 7. The van der Waals surface area contributed by atoms with Gasteiger partial charge in [-0.1, -0.05) is 30.3 Å². The number of unbranched alkanes of at least 4 members (excludes halogenated alkanes) is 1. The molecular weight excluding hydrogens is 716 g/mol. The lowest BCUT2D eigenvalue weighted by Gasteiger charge is -2.42. The van der Waals surface area contributed by atoms with Crippen LogP contribution >= 0.6 is 18.9 Å². The van der Waals surface area contributed by atoms with Crippen molar-refractivity contribution < 1.29 is 62.5 Å². The summed E-state index contributed by atoms with van der Waals surface area (Å²) in [6.45, 7) is -1.57. The fourth-order valence-electron chi connectivity index (χ4n) is 5.62. The van der Waals surface area contributed by atoms with Crippen molar-refractivity contribution >= 4 is 55.8 Å². The Balaban J connectivity index is 1.36. The first-order valence-corrected chi connectivity index (χ1v) is 19.4. The molecule has 0 spiro atoms. The molecule has 2 fully saturated rings. The lowest BCUT2D eigenvalue weighted by atomic mass is 9.82. The molecule has 2 heterocycles. The van der Waals surface area contributed by atoms with E-state index < -0.39 is 68.2 Å². The number of rotatable bonds is 19. The van der Waals surface area contributed by atoms with E-state index in [0.29, 0.717) is 43.9 Å². The van der Waals surface area contributed by atoms with Crippen LogP contribution in [0.4, 0.5) is 4.79 Å². The van der Waals surface area contributed by atoms with Crippen LogP contribution in [0, 0.1) is 5.92 Å². The lowest BCUT2D eigenvalue weighted by Crippen LogP contribution is -2.64. The zero-order valence-corrected chi connectivity index (χ0v) is 30.9. The molecule has 0 bridgehead atoms. The Kier molecular flexibility index (Phi) is 18.2. The van der Waals surface area contributed by atoms with Gasteiger partial charge in [0.05, 0.1) is 6.61 Å². The van der Waals surface area contributed by atoms with Gasteiger partial charge < -0.3 is 68.9 Å². The van der Waals surface area contributed by atoms with Gasteiger partial charge in [0.2, 0.25) is 5.91 Å². The summed E-state index contributed by atoms with van der Waals surface area (Å²) in [5, 5.41) is 39.2. The average molecular weight is 766 g/mol. The van der Waals surface area contributed by atoms with Crippen LogP contribution in [-0.2, 0) is 55.9 Å². The molecule has 2 aliphatic heterocycles. The number of ether oxygens (including phenoxy) is 5. The minimum atomic E-state index is -3.56. The number of carbonyl (C=O) groups is 2. The topological polar surface area (TPSA) is 216 Å². The smallest absolute Gasteiger partial charge is 0.431 e. The molecule has 282 valence electrons. The maximum Gasteiger partial charge on any atom is 0.508 e. The van der Waals surface area contributed by atoms with Crippen molar-refractivity contribution in [2.45, 2.75) is 88.1 Å². The zero-order valence-electron chi connectivity index (χ0n) is 28.4. The van der Waals surface area contributed by atoms with Crippen LogP contribution in [-0.4, -0.2) is 134 Å². The maximum absolute atomic E-state index is 12.2. The monoisotopic (exact) mass is 765 g/mol. The summed E-state index contributed by atoms with van der Waals surface area (Å²) >= 11 is 10.5. The molecule has 16 nitrogen and oxygen atoms in total. The van der Waals surface area contributed by atoms with E-state index in [2.05, 4.69) is 16.0 Å².